The zero-order chi connectivity index (χ0) is 47.8. The Kier molecular flexibility index (Phi) is 10.7. The second-order valence-electron chi connectivity index (χ2n) is 17.9. The van der Waals surface area contributed by atoms with Crippen molar-refractivity contribution in [1.29, 1.82) is 0 Å². The van der Waals surface area contributed by atoms with Crippen LogP contribution in [0.25, 0.3) is 137 Å². The third-order valence-corrected chi connectivity index (χ3v) is 13.0. The number of rotatable bonds is 4. The summed E-state index contributed by atoms with van der Waals surface area (Å²) in [6, 6.07) is 67.1. The van der Waals surface area contributed by atoms with Gasteiger partial charge in [-0.1, -0.05) is 121 Å². The van der Waals surface area contributed by atoms with Crippen LogP contribution in [-0.4, -0.2) is 39.9 Å². The third kappa shape index (κ3) is 8.39. The van der Waals surface area contributed by atoms with Crippen LogP contribution < -0.4 is 0 Å². The molecule has 6 aromatic heterocycles. The highest BCUT2D eigenvalue weighted by Crippen LogP contribution is 2.38. The summed E-state index contributed by atoms with van der Waals surface area (Å²) >= 11 is 0. The first-order chi connectivity index (χ1) is 35.6. The number of fused-ring (bicyclic) bond motifs is 16. The smallest absolute Gasteiger partial charge is 0.0737 e. The Bertz CT molecular complexity index is 3750. The van der Waals surface area contributed by atoms with Crippen LogP contribution in [0, 0.1) is 0 Å². The molecule has 0 fully saturated rings. The molecule has 0 atom stereocenters. The van der Waals surface area contributed by atoms with Crippen molar-refractivity contribution in [3.05, 3.63) is 240 Å². The van der Waals surface area contributed by atoms with Crippen LogP contribution in [0.15, 0.2) is 194 Å². The first-order valence-electron chi connectivity index (χ1n) is 24.0. The maximum Gasteiger partial charge on any atom is 0.0737 e. The highest BCUT2D eigenvalue weighted by molar-refractivity contribution is 6.00. The molecule has 8 heteroatoms. The summed E-state index contributed by atoms with van der Waals surface area (Å²) in [4.78, 5) is 34.3. The molecule has 0 radical (unpaired) electrons. The molecule has 0 saturated heterocycles. The fraction of sp³-hybridized carbons (Fsp3) is 0. The highest BCUT2D eigenvalue weighted by Gasteiger charge is 2.19. The Labute approximate surface area is 414 Å². The normalized spacial score (nSPS) is 12.2. The summed E-state index contributed by atoms with van der Waals surface area (Å²) in [5.74, 6) is 0. The lowest BCUT2D eigenvalue weighted by molar-refractivity contribution is 1.28. The second-order valence-corrected chi connectivity index (χ2v) is 17.9. The summed E-state index contributed by atoms with van der Waals surface area (Å²) in [5.41, 5.74) is 24.0. The molecule has 4 N–H and O–H groups in total. The van der Waals surface area contributed by atoms with E-state index < -0.39 is 0 Å². The Morgan fingerprint density at radius 1 is 0.222 bits per heavy atom. The summed E-state index contributed by atoms with van der Waals surface area (Å²) in [6.07, 6.45) is 16.6. The summed E-state index contributed by atoms with van der Waals surface area (Å²) in [6.45, 7) is 0. The quantitative estimate of drug-likeness (QED) is 0.141. The molecular formula is C64H44N8. The van der Waals surface area contributed by atoms with E-state index >= 15 is 0 Å². The van der Waals surface area contributed by atoms with Crippen LogP contribution in [0.5, 0.6) is 0 Å². The Morgan fingerprint density at radius 2 is 0.500 bits per heavy atom. The van der Waals surface area contributed by atoms with Crippen molar-refractivity contribution in [2.24, 2.45) is 0 Å². The molecule has 16 bridgehead atoms. The van der Waals surface area contributed by atoms with Crippen molar-refractivity contribution < 1.29 is 0 Å². The van der Waals surface area contributed by atoms with Crippen molar-refractivity contribution >= 4 is 92.7 Å². The second kappa shape index (κ2) is 18.2. The predicted molar refractivity (Wildman–Crippen MR) is 299 cm³/mol. The van der Waals surface area contributed by atoms with Gasteiger partial charge in [-0.05, 0) is 144 Å². The zero-order valence-corrected chi connectivity index (χ0v) is 38.9. The number of nitrogens with zero attached hydrogens (tertiary/aromatic N) is 4. The average Bonchev–Trinajstić information content (AvgIpc) is 4.27. The molecule has 0 spiro atoms. The molecule has 0 unspecified atom stereocenters. The lowest BCUT2D eigenvalue weighted by Gasteiger charge is -2.07. The minimum absolute atomic E-state index is 0.906. The minimum Gasteiger partial charge on any atom is -0.355 e. The van der Waals surface area contributed by atoms with Crippen LogP contribution in [0.1, 0.15) is 45.6 Å². The maximum atomic E-state index is 5.35. The first-order valence-corrected chi connectivity index (χ1v) is 24.0. The first kappa shape index (κ1) is 42.2. The molecule has 0 aliphatic carbocycles. The van der Waals surface area contributed by atoms with Crippen LogP contribution in [0.2, 0.25) is 0 Å². The van der Waals surface area contributed by atoms with Gasteiger partial charge in [-0.2, -0.15) is 0 Å². The Hall–Kier alpha value is -9.92. The van der Waals surface area contributed by atoms with Crippen LogP contribution in [-0.2, 0) is 0 Å². The van der Waals surface area contributed by atoms with Gasteiger partial charge in [0.15, 0.2) is 0 Å². The molecule has 4 aliphatic heterocycles. The van der Waals surface area contributed by atoms with E-state index in [1.165, 1.54) is 0 Å². The van der Waals surface area contributed by atoms with Crippen molar-refractivity contribution in [2.45, 2.75) is 0 Å². The maximum absolute atomic E-state index is 5.35. The largest absolute Gasteiger partial charge is 0.355 e. The average molecular weight is 925 g/mol. The van der Waals surface area contributed by atoms with Crippen molar-refractivity contribution in [2.75, 3.05) is 0 Å². The fourth-order valence-electron chi connectivity index (χ4n) is 9.78. The van der Waals surface area contributed by atoms with Gasteiger partial charge in [0.25, 0.3) is 0 Å². The summed E-state index contributed by atoms with van der Waals surface area (Å²) in [5, 5.41) is 0. The molecule has 0 amide bonds. The molecule has 8 nitrogen and oxygen atoms in total. The number of aromatic nitrogens is 8. The topological polar surface area (TPSA) is 115 Å². The molecule has 340 valence electrons. The number of hydrogen-bond acceptors (Lipinski definition) is 4. The number of nitrogens with one attached hydrogen (secondary N) is 4. The van der Waals surface area contributed by atoms with Gasteiger partial charge in [0, 0.05) is 66.4 Å². The van der Waals surface area contributed by atoms with Gasteiger partial charge in [0.05, 0.1) is 45.6 Å². The minimum atomic E-state index is 0.906. The van der Waals surface area contributed by atoms with E-state index in [-0.39, 0.29) is 0 Å². The molecule has 72 heavy (non-hydrogen) atoms. The van der Waals surface area contributed by atoms with E-state index in [2.05, 4.69) is 206 Å². The summed E-state index contributed by atoms with van der Waals surface area (Å²) in [7, 11) is 0. The molecule has 14 rings (SSSR count). The van der Waals surface area contributed by atoms with Crippen LogP contribution in [0.3, 0.4) is 0 Å². The monoisotopic (exact) mass is 924 g/mol. The fourth-order valence-corrected chi connectivity index (χ4v) is 9.78. The number of aromatic amines is 4. The van der Waals surface area contributed by atoms with Crippen molar-refractivity contribution in [3.63, 3.8) is 0 Å². The van der Waals surface area contributed by atoms with Gasteiger partial charge in [0.2, 0.25) is 0 Å². The van der Waals surface area contributed by atoms with E-state index in [0.717, 1.165) is 134 Å². The third-order valence-electron chi connectivity index (χ3n) is 13.0. The zero-order valence-electron chi connectivity index (χ0n) is 38.9. The number of benzene rings is 4. The SMILES string of the molecule is C1=Cc2cc3ccc(cc4ccc(cc5nc(cc1n2)C=C5)[nH]4)[nH]3.C1=Cc2nc1c(-c1ccccc1)c1ccc([nH]1)c(-c1ccccc1)c1nc(c(-c3ccccc3)c3ccc([nH]3)c2-c2ccccc2)C=C1. The van der Waals surface area contributed by atoms with Crippen LogP contribution >= 0.6 is 0 Å². The Morgan fingerprint density at radius 3 is 0.806 bits per heavy atom. The number of H-pyrrole nitrogens is 4. The lowest BCUT2D eigenvalue weighted by atomic mass is 10.0. The molecular weight excluding hydrogens is 881 g/mol. The Balaban J connectivity index is 0.000000175. The molecule has 10 aromatic rings. The van der Waals surface area contributed by atoms with Crippen molar-refractivity contribution in [1.82, 2.24) is 39.9 Å². The predicted octanol–water partition coefficient (Wildman–Crippen LogP) is 16.0. The standard InChI is InChI=1S/C44H30N4.C20H14N4/c1-5-13-29(14-6-1)41-33-21-23-35(45-33)42(30-15-7-2-8-16-30)37-25-27-39(47-37)44(32-19-11-4-12-20-32)40-28-26-38(48-40)43(31-17-9-3-10-18-31)36-24-22-34(41)46-36;1-2-14-10-16-5-6-18(23-16)12-20-8-7-19(24-20)11-17-4-3-15(22-17)9-13(1)21-14/h1-28,45,48H;1-12,21-22H. The lowest BCUT2D eigenvalue weighted by Crippen LogP contribution is -1.89. The van der Waals surface area contributed by atoms with E-state index in [4.69, 9.17) is 9.97 Å². The van der Waals surface area contributed by atoms with Gasteiger partial charge in [-0.3, -0.25) is 0 Å². The van der Waals surface area contributed by atoms with Gasteiger partial charge in [0.1, 0.15) is 0 Å². The molecule has 0 saturated carbocycles. The van der Waals surface area contributed by atoms with Gasteiger partial charge < -0.3 is 19.9 Å². The van der Waals surface area contributed by atoms with E-state index in [1.54, 1.807) is 0 Å². The highest BCUT2D eigenvalue weighted by atomic mass is 14.8. The number of hydrogen-bond donors (Lipinski definition) is 4. The molecule has 4 aromatic carbocycles. The van der Waals surface area contributed by atoms with Crippen LogP contribution in [0.4, 0.5) is 0 Å². The van der Waals surface area contributed by atoms with Gasteiger partial charge in [-0.15, -0.1) is 0 Å². The molecule has 10 heterocycles. The van der Waals surface area contributed by atoms with Gasteiger partial charge >= 0.3 is 0 Å². The molecule has 4 aliphatic rings. The van der Waals surface area contributed by atoms with Crippen molar-refractivity contribution in [3.8, 4) is 44.5 Å². The van der Waals surface area contributed by atoms with E-state index in [0.29, 0.717) is 0 Å². The van der Waals surface area contributed by atoms with E-state index in [1.807, 2.05) is 66.8 Å². The van der Waals surface area contributed by atoms with Gasteiger partial charge in [-0.25, -0.2) is 19.9 Å². The summed E-state index contributed by atoms with van der Waals surface area (Å²) < 4.78 is 0. The van der Waals surface area contributed by atoms with E-state index in [9.17, 15) is 0 Å².